The molecule has 1 aliphatic carbocycles. The number of rotatable bonds is 6. The highest BCUT2D eigenvalue weighted by molar-refractivity contribution is 4.94. The molecule has 1 fully saturated rings. The van der Waals surface area contributed by atoms with E-state index in [0.717, 1.165) is 18.4 Å². The Bertz CT molecular complexity index is 183. The van der Waals surface area contributed by atoms with Crippen molar-refractivity contribution in [1.29, 1.82) is 0 Å². The van der Waals surface area contributed by atoms with Crippen molar-refractivity contribution in [2.45, 2.75) is 51.5 Å². The maximum absolute atomic E-state index is 3.42. The van der Waals surface area contributed by atoms with Crippen LogP contribution in [-0.2, 0) is 0 Å². The van der Waals surface area contributed by atoms with E-state index in [-0.39, 0.29) is 0 Å². The van der Waals surface area contributed by atoms with Crippen LogP contribution in [0.2, 0.25) is 0 Å². The molecule has 1 nitrogen and oxygen atoms in total. The first-order valence-electron chi connectivity index (χ1n) is 5.45. The lowest BCUT2D eigenvalue weighted by Gasteiger charge is -2.14. The quantitative estimate of drug-likeness (QED) is 0.488. The van der Waals surface area contributed by atoms with Crippen LogP contribution in [0, 0.1) is 17.8 Å². The van der Waals surface area contributed by atoms with Gasteiger partial charge < -0.3 is 5.32 Å². The van der Waals surface area contributed by atoms with Crippen LogP contribution in [0.15, 0.2) is 0 Å². The van der Waals surface area contributed by atoms with E-state index >= 15 is 0 Å². The van der Waals surface area contributed by atoms with Gasteiger partial charge >= 0.3 is 0 Å². The average Bonchev–Trinajstić information content (AvgIpc) is 2.95. The molecule has 74 valence electrons. The highest BCUT2D eigenvalue weighted by atomic mass is 14.9. The highest BCUT2D eigenvalue weighted by Crippen LogP contribution is 2.34. The minimum Gasteiger partial charge on any atom is -0.317 e. The molecule has 1 saturated carbocycles. The molecular weight excluding hydrogens is 158 g/mol. The Labute approximate surface area is 82.3 Å². The van der Waals surface area contributed by atoms with E-state index in [1.165, 1.54) is 32.1 Å². The van der Waals surface area contributed by atoms with Crippen LogP contribution >= 0.6 is 0 Å². The van der Waals surface area contributed by atoms with Crippen molar-refractivity contribution in [3.8, 4) is 11.8 Å². The van der Waals surface area contributed by atoms with E-state index in [1.54, 1.807) is 0 Å². The highest BCUT2D eigenvalue weighted by Gasteiger charge is 2.29. The maximum Gasteiger partial charge on any atom is 0.00923 e. The normalized spacial score (nSPS) is 17.7. The molecule has 0 radical (unpaired) electrons. The summed E-state index contributed by atoms with van der Waals surface area (Å²) < 4.78 is 0. The molecule has 1 rings (SSSR count). The number of unbranched alkanes of at least 4 members (excludes halogenated alkanes) is 2. The molecule has 1 atom stereocenters. The van der Waals surface area contributed by atoms with Gasteiger partial charge in [-0.3, -0.25) is 0 Å². The number of nitrogens with one attached hydrogen (secondary N) is 1. The topological polar surface area (TPSA) is 12.0 Å². The van der Waals surface area contributed by atoms with E-state index in [2.05, 4.69) is 24.2 Å². The summed E-state index contributed by atoms with van der Waals surface area (Å²) in [6.07, 6.45) is 7.91. The Kier molecular flexibility index (Phi) is 4.93. The standard InChI is InChI=1S/C12H21N/c1-3-4-5-6-7-8-12(13-2)11-9-10-11/h11-13H,5-10H2,1-2H3. The van der Waals surface area contributed by atoms with Gasteiger partial charge in [0.2, 0.25) is 0 Å². The third kappa shape index (κ3) is 4.33. The molecule has 0 saturated heterocycles. The molecule has 1 heteroatoms. The van der Waals surface area contributed by atoms with Crippen LogP contribution in [0.3, 0.4) is 0 Å². The van der Waals surface area contributed by atoms with E-state index < -0.39 is 0 Å². The molecule has 0 aromatic carbocycles. The molecule has 0 amide bonds. The smallest absolute Gasteiger partial charge is 0.00923 e. The second-order valence-corrected chi connectivity index (χ2v) is 3.91. The molecular formula is C12H21N. The minimum atomic E-state index is 0.787. The van der Waals surface area contributed by atoms with Gasteiger partial charge in [0.05, 0.1) is 0 Å². The first-order valence-corrected chi connectivity index (χ1v) is 5.45. The largest absolute Gasteiger partial charge is 0.317 e. The molecule has 13 heavy (non-hydrogen) atoms. The van der Waals surface area contributed by atoms with E-state index in [4.69, 9.17) is 0 Å². The summed E-state index contributed by atoms with van der Waals surface area (Å²) >= 11 is 0. The van der Waals surface area contributed by atoms with Crippen molar-refractivity contribution in [1.82, 2.24) is 5.32 Å². The predicted molar refractivity (Wildman–Crippen MR) is 57.5 cm³/mol. The summed E-state index contributed by atoms with van der Waals surface area (Å²) in [5, 5.41) is 3.42. The van der Waals surface area contributed by atoms with Gasteiger partial charge in [-0.15, -0.1) is 11.8 Å². The van der Waals surface area contributed by atoms with E-state index in [0.29, 0.717) is 0 Å². The zero-order valence-corrected chi connectivity index (χ0v) is 8.90. The monoisotopic (exact) mass is 179 g/mol. The number of hydrogen-bond acceptors (Lipinski definition) is 1. The fourth-order valence-electron chi connectivity index (χ4n) is 1.82. The Balaban J connectivity index is 1.98. The summed E-state index contributed by atoms with van der Waals surface area (Å²) in [4.78, 5) is 0. The SMILES string of the molecule is CC#CCCCCC(NC)C1CC1. The molecule has 1 N–H and O–H groups in total. The summed E-state index contributed by atoms with van der Waals surface area (Å²) in [6, 6.07) is 0.787. The molecule has 0 heterocycles. The van der Waals surface area contributed by atoms with Gasteiger partial charge in [-0.2, -0.15) is 0 Å². The van der Waals surface area contributed by atoms with E-state index in [1.807, 2.05) is 6.92 Å². The van der Waals surface area contributed by atoms with Crippen LogP contribution in [0.4, 0.5) is 0 Å². The second-order valence-electron chi connectivity index (χ2n) is 3.91. The fourth-order valence-corrected chi connectivity index (χ4v) is 1.82. The average molecular weight is 179 g/mol. The van der Waals surface area contributed by atoms with Crippen molar-refractivity contribution in [3.05, 3.63) is 0 Å². The van der Waals surface area contributed by atoms with Gasteiger partial charge in [-0.25, -0.2) is 0 Å². The van der Waals surface area contributed by atoms with Gasteiger partial charge in [0.15, 0.2) is 0 Å². The van der Waals surface area contributed by atoms with Gasteiger partial charge in [-0.1, -0.05) is 6.42 Å². The third-order valence-electron chi connectivity index (χ3n) is 2.81. The zero-order chi connectivity index (χ0) is 9.52. The minimum absolute atomic E-state index is 0.787. The molecule has 0 aromatic heterocycles. The van der Waals surface area contributed by atoms with Crippen LogP contribution in [0.5, 0.6) is 0 Å². The summed E-state index contributed by atoms with van der Waals surface area (Å²) in [6.45, 7) is 1.92. The van der Waals surface area contributed by atoms with E-state index in [9.17, 15) is 0 Å². The van der Waals surface area contributed by atoms with Gasteiger partial charge in [0, 0.05) is 12.5 Å². The summed E-state index contributed by atoms with van der Waals surface area (Å²) in [7, 11) is 2.09. The number of hydrogen-bond donors (Lipinski definition) is 1. The molecule has 1 unspecified atom stereocenters. The lowest BCUT2D eigenvalue weighted by atomic mass is 10.0. The van der Waals surface area contributed by atoms with Crippen molar-refractivity contribution in [3.63, 3.8) is 0 Å². The Morgan fingerprint density at radius 1 is 1.38 bits per heavy atom. The van der Waals surface area contributed by atoms with Crippen LogP contribution < -0.4 is 5.32 Å². The van der Waals surface area contributed by atoms with Crippen LogP contribution in [0.1, 0.15) is 45.4 Å². The lowest BCUT2D eigenvalue weighted by molar-refractivity contribution is 0.451. The Morgan fingerprint density at radius 2 is 2.15 bits per heavy atom. The van der Waals surface area contributed by atoms with Crippen molar-refractivity contribution < 1.29 is 0 Å². The first-order chi connectivity index (χ1) is 6.38. The van der Waals surface area contributed by atoms with Gasteiger partial charge in [0.1, 0.15) is 0 Å². The Hall–Kier alpha value is -0.480. The third-order valence-corrected chi connectivity index (χ3v) is 2.81. The van der Waals surface area contributed by atoms with Crippen molar-refractivity contribution in [2.24, 2.45) is 5.92 Å². The lowest BCUT2D eigenvalue weighted by Crippen LogP contribution is -2.27. The second kappa shape index (κ2) is 6.05. The first kappa shape index (κ1) is 10.6. The molecule has 0 aliphatic heterocycles. The van der Waals surface area contributed by atoms with Crippen LogP contribution in [-0.4, -0.2) is 13.1 Å². The molecule has 0 bridgehead atoms. The van der Waals surface area contributed by atoms with Crippen molar-refractivity contribution in [2.75, 3.05) is 7.05 Å². The van der Waals surface area contributed by atoms with Gasteiger partial charge in [0.25, 0.3) is 0 Å². The van der Waals surface area contributed by atoms with Crippen LogP contribution in [0.25, 0.3) is 0 Å². The molecule has 0 aromatic rings. The molecule has 0 spiro atoms. The summed E-state index contributed by atoms with van der Waals surface area (Å²) in [5.74, 6) is 7.04. The maximum atomic E-state index is 3.42. The Morgan fingerprint density at radius 3 is 2.69 bits per heavy atom. The van der Waals surface area contributed by atoms with Crippen molar-refractivity contribution >= 4 is 0 Å². The fraction of sp³-hybridized carbons (Fsp3) is 0.833. The summed E-state index contributed by atoms with van der Waals surface area (Å²) in [5.41, 5.74) is 0. The zero-order valence-electron chi connectivity index (χ0n) is 8.90. The molecule has 1 aliphatic rings. The predicted octanol–water partition coefficient (Wildman–Crippen LogP) is 2.57. The van der Waals surface area contributed by atoms with Gasteiger partial charge in [-0.05, 0) is 45.6 Å².